The average Bonchev–Trinajstić information content (AvgIpc) is 2.69. The Bertz CT molecular complexity index is 772. The maximum absolute atomic E-state index is 13.7. The third kappa shape index (κ3) is 2.39. The molecule has 4 rings (SSSR count). The predicted molar refractivity (Wildman–Crippen MR) is 121 cm³/mol. The molecule has 1 N–H and O–H groups in total. The van der Waals surface area contributed by atoms with Crippen LogP contribution in [0.4, 0.5) is 0 Å². The zero-order chi connectivity index (χ0) is 22.2. The molecular formula is C27H42O3. The van der Waals surface area contributed by atoms with E-state index < -0.39 is 5.41 Å². The lowest BCUT2D eigenvalue weighted by Gasteiger charge is -2.72. The first-order valence-electron chi connectivity index (χ1n) is 12.1. The minimum atomic E-state index is -0.576. The summed E-state index contributed by atoms with van der Waals surface area (Å²) in [6.45, 7) is 20.5. The normalized spacial score (nSPS) is 52.7. The van der Waals surface area contributed by atoms with E-state index in [9.17, 15) is 9.90 Å². The molecule has 0 aromatic carbocycles. The molecule has 3 nitrogen and oxygen atoms in total. The topological polar surface area (TPSA) is 46.5 Å². The Hall–Kier alpha value is -1.09. The zero-order valence-electron chi connectivity index (χ0n) is 19.9. The molecule has 168 valence electrons. The molecule has 4 aliphatic rings. The van der Waals surface area contributed by atoms with Crippen LogP contribution in [0, 0.1) is 38.9 Å². The van der Waals surface area contributed by atoms with Crippen molar-refractivity contribution in [3.05, 3.63) is 24.8 Å². The Labute approximate surface area is 183 Å². The maximum Gasteiger partial charge on any atom is 0.316 e. The number of rotatable bonds is 3. The molecule has 0 amide bonds. The van der Waals surface area contributed by atoms with Crippen molar-refractivity contribution in [2.24, 2.45) is 38.9 Å². The van der Waals surface area contributed by atoms with E-state index in [1.807, 2.05) is 13.0 Å². The Balaban J connectivity index is 1.89. The molecule has 5 unspecified atom stereocenters. The number of esters is 1. The summed E-state index contributed by atoms with van der Waals surface area (Å²) in [5.41, 5.74) is 0.213. The molecular weight excluding hydrogens is 372 g/mol. The monoisotopic (exact) mass is 414 g/mol. The van der Waals surface area contributed by atoms with Crippen LogP contribution in [0.3, 0.4) is 0 Å². The summed E-state index contributed by atoms with van der Waals surface area (Å²) in [6, 6.07) is 0. The van der Waals surface area contributed by atoms with Gasteiger partial charge in [-0.3, -0.25) is 4.79 Å². The SMILES string of the molecule is C=C[C@@]1(C)C(O)CCC2(C)C3C[C@@]4(C)CCC[C@](C(=O)OCC)(C4=C)C3(C)CCC21. The van der Waals surface area contributed by atoms with Crippen molar-refractivity contribution < 1.29 is 14.6 Å². The Kier molecular flexibility index (Phi) is 4.94. The Morgan fingerprint density at radius 1 is 1.13 bits per heavy atom. The minimum Gasteiger partial charge on any atom is -0.465 e. The van der Waals surface area contributed by atoms with Crippen LogP contribution in [0.5, 0.6) is 0 Å². The predicted octanol–water partition coefficient (Wildman–Crippen LogP) is 6.07. The summed E-state index contributed by atoms with van der Waals surface area (Å²) < 4.78 is 5.78. The van der Waals surface area contributed by atoms with Gasteiger partial charge in [-0.05, 0) is 80.0 Å². The molecule has 4 aliphatic carbocycles. The van der Waals surface area contributed by atoms with E-state index in [-0.39, 0.29) is 33.7 Å². The molecule has 8 atom stereocenters. The first kappa shape index (κ1) is 22.1. The number of hydrogen-bond acceptors (Lipinski definition) is 3. The van der Waals surface area contributed by atoms with Crippen LogP contribution < -0.4 is 0 Å². The van der Waals surface area contributed by atoms with Gasteiger partial charge in [-0.1, -0.05) is 52.3 Å². The van der Waals surface area contributed by atoms with Gasteiger partial charge in [0.05, 0.1) is 18.1 Å². The summed E-state index contributed by atoms with van der Waals surface area (Å²) in [5.74, 6) is 0.771. The minimum absolute atomic E-state index is 0.0132. The van der Waals surface area contributed by atoms with E-state index in [2.05, 4.69) is 40.9 Å². The van der Waals surface area contributed by atoms with Crippen molar-refractivity contribution in [3.63, 3.8) is 0 Å². The first-order chi connectivity index (χ1) is 14.0. The number of carbonyl (C=O) groups excluding carboxylic acids is 1. The van der Waals surface area contributed by atoms with Crippen molar-refractivity contribution >= 4 is 5.97 Å². The van der Waals surface area contributed by atoms with Crippen molar-refractivity contribution in [2.45, 2.75) is 92.1 Å². The highest BCUT2D eigenvalue weighted by atomic mass is 16.5. The third-order valence-corrected chi connectivity index (χ3v) is 11.0. The van der Waals surface area contributed by atoms with Gasteiger partial charge in [-0.25, -0.2) is 0 Å². The Morgan fingerprint density at radius 3 is 2.47 bits per heavy atom. The second kappa shape index (κ2) is 6.70. The molecule has 4 fully saturated rings. The molecule has 0 radical (unpaired) electrons. The van der Waals surface area contributed by atoms with E-state index in [0.717, 1.165) is 56.9 Å². The van der Waals surface area contributed by atoms with Gasteiger partial charge in [0.2, 0.25) is 0 Å². The van der Waals surface area contributed by atoms with Crippen LogP contribution in [-0.4, -0.2) is 23.8 Å². The second-order valence-electron chi connectivity index (χ2n) is 11.9. The average molecular weight is 415 g/mol. The fourth-order valence-electron chi connectivity index (χ4n) is 9.11. The lowest BCUT2D eigenvalue weighted by molar-refractivity contribution is -0.226. The van der Waals surface area contributed by atoms with E-state index >= 15 is 0 Å². The first-order valence-corrected chi connectivity index (χ1v) is 12.1. The number of aliphatic hydroxyl groups is 1. The highest BCUT2D eigenvalue weighted by Gasteiger charge is 2.73. The highest BCUT2D eigenvalue weighted by Crippen LogP contribution is 2.77. The van der Waals surface area contributed by atoms with Gasteiger partial charge in [-0.2, -0.15) is 0 Å². The molecule has 0 heterocycles. The van der Waals surface area contributed by atoms with Gasteiger partial charge in [-0.15, -0.1) is 6.58 Å². The second-order valence-corrected chi connectivity index (χ2v) is 11.9. The van der Waals surface area contributed by atoms with Crippen molar-refractivity contribution in [1.29, 1.82) is 0 Å². The van der Waals surface area contributed by atoms with Crippen LogP contribution in [0.15, 0.2) is 24.8 Å². The van der Waals surface area contributed by atoms with Gasteiger partial charge in [0.1, 0.15) is 0 Å². The lowest BCUT2D eigenvalue weighted by Crippen LogP contribution is -2.68. The summed E-state index contributed by atoms with van der Waals surface area (Å²) in [5, 5.41) is 10.9. The number of hydrogen-bond donors (Lipinski definition) is 1. The molecule has 4 saturated carbocycles. The molecule has 30 heavy (non-hydrogen) atoms. The van der Waals surface area contributed by atoms with Gasteiger partial charge >= 0.3 is 5.97 Å². The zero-order valence-corrected chi connectivity index (χ0v) is 19.9. The van der Waals surface area contributed by atoms with Crippen LogP contribution in [0.25, 0.3) is 0 Å². The van der Waals surface area contributed by atoms with Crippen LogP contribution in [0.1, 0.15) is 86.0 Å². The smallest absolute Gasteiger partial charge is 0.316 e. The third-order valence-electron chi connectivity index (χ3n) is 11.0. The van der Waals surface area contributed by atoms with Gasteiger partial charge in [0.25, 0.3) is 0 Å². The largest absolute Gasteiger partial charge is 0.465 e. The lowest BCUT2D eigenvalue weighted by atomic mass is 9.31. The molecule has 3 heteroatoms. The van der Waals surface area contributed by atoms with Gasteiger partial charge in [0, 0.05) is 5.41 Å². The molecule has 0 spiro atoms. The van der Waals surface area contributed by atoms with E-state index in [0.29, 0.717) is 18.4 Å². The van der Waals surface area contributed by atoms with Gasteiger partial charge < -0.3 is 9.84 Å². The number of aliphatic hydroxyl groups excluding tert-OH is 1. The van der Waals surface area contributed by atoms with Crippen molar-refractivity contribution in [1.82, 2.24) is 0 Å². The van der Waals surface area contributed by atoms with Crippen LogP contribution >= 0.6 is 0 Å². The van der Waals surface area contributed by atoms with Crippen molar-refractivity contribution in [2.75, 3.05) is 6.61 Å². The number of carbonyl (C=O) groups is 1. The molecule has 0 saturated heterocycles. The molecule has 0 aromatic rings. The fourth-order valence-corrected chi connectivity index (χ4v) is 9.11. The quantitative estimate of drug-likeness (QED) is 0.450. The van der Waals surface area contributed by atoms with Crippen LogP contribution in [0.2, 0.25) is 0 Å². The van der Waals surface area contributed by atoms with E-state index in [1.165, 1.54) is 0 Å². The number of fused-ring (bicyclic) bond motifs is 6. The van der Waals surface area contributed by atoms with Crippen molar-refractivity contribution in [3.8, 4) is 0 Å². The fraction of sp³-hybridized carbons (Fsp3) is 0.815. The number of ether oxygens (including phenoxy) is 1. The Morgan fingerprint density at radius 2 is 1.83 bits per heavy atom. The van der Waals surface area contributed by atoms with E-state index in [4.69, 9.17) is 4.74 Å². The molecule has 0 aromatic heterocycles. The van der Waals surface area contributed by atoms with Gasteiger partial charge in [0.15, 0.2) is 0 Å². The summed E-state index contributed by atoms with van der Waals surface area (Å²) in [6.07, 6.45) is 9.68. The van der Waals surface area contributed by atoms with E-state index in [1.54, 1.807) is 0 Å². The maximum atomic E-state index is 13.7. The standard InChI is InChI=1S/C27H42O3/c1-8-24(5)19-11-16-26(7)20(25(19,6)15-12-21(24)28)17-23(4)13-10-14-27(26,18(23)3)22(29)30-9-2/h8,19-21,28H,1,3,9-17H2,2,4-7H3/t19?,20?,21?,23-,24-,25?,26?,27-/m1/s1. The van der Waals surface area contributed by atoms with Crippen LogP contribution in [-0.2, 0) is 9.53 Å². The molecule has 0 aliphatic heterocycles. The molecule has 2 bridgehead atoms. The summed E-state index contributed by atoms with van der Waals surface area (Å²) in [4.78, 5) is 13.7. The highest BCUT2D eigenvalue weighted by molar-refractivity contribution is 5.83. The summed E-state index contributed by atoms with van der Waals surface area (Å²) >= 11 is 0. The summed E-state index contributed by atoms with van der Waals surface area (Å²) in [7, 11) is 0.